The number of piperazine rings is 1. The predicted octanol–water partition coefficient (Wildman–Crippen LogP) is 3.80. The molecular formula is C18H20ClN3. The van der Waals surface area contributed by atoms with Crippen molar-refractivity contribution in [3.8, 4) is 0 Å². The highest BCUT2D eigenvalue weighted by molar-refractivity contribution is 6.33. The number of aryl methyl sites for hydroxylation is 1. The molecule has 2 aromatic carbocycles. The van der Waals surface area contributed by atoms with Crippen LogP contribution in [0.1, 0.15) is 11.1 Å². The first kappa shape index (κ1) is 14.9. The summed E-state index contributed by atoms with van der Waals surface area (Å²) in [7, 11) is 0. The average molecular weight is 314 g/mol. The number of rotatable bonds is 3. The topological polar surface area (TPSA) is 18.8 Å². The second-order valence-electron chi connectivity index (χ2n) is 5.54. The summed E-state index contributed by atoms with van der Waals surface area (Å²) in [6, 6.07) is 16.5. The van der Waals surface area contributed by atoms with Crippen LogP contribution >= 0.6 is 11.6 Å². The number of benzene rings is 2. The first-order valence-corrected chi connectivity index (χ1v) is 7.95. The molecule has 0 amide bonds. The molecule has 0 saturated carbocycles. The second-order valence-corrected chi connectivity index (χ2v) is 5.95. The van der Waals surface area contributed by atoms with E-state index in [9.17, 15) is 0 Å². The molecular weight excluding hydrogens is 294 g/mol. The highest BCUT2D eigenvalue weighted by Gasteiger charge is 2.15. The molecule has 2 aromatic rings. The molecule has 3 rings (SSSR count). The van der Waals surface area contributed by atoms with E-state index in [4.69, 9.17) is 11.6 Å². The van der Waals surface area contributed by atoms with E-state index < -0.39 is 0 Å². The summed E-state index contributed by atoms with van der Waals surface area (Å²) < 4.78 is 0. The zero-order valence-electron chi connectivity index (χ0n) is 12.7. The van der Waals surface area contributed by atoms with Crippen LogP contribution in [0.3, 0.4) is 0 Å². The summed E-state index contributed by atoms with van der Waals surface area (Å²) >= 11 is 6.14. The second kappa shape index (κ2) is 6.84. The molecule has 0 spiro atoms. The standard InChI is InChI=1S/C18H20ClN3/c1-15-6-8-17(9-7-15)21-10-12-22(13-11-21)20-14-16-4-2-3-5-18(16)19/h2-9,14H,10-13H2,1H3. The summed E-state index contributed by atoms with van der Waals surface area (Å²) in [6.07, 6.45) is 1.85. The Labute approximate surface area is 136 Å². The Kier molecular flexibility index (Phi) is 4.64. The molecule has 1 fully saturated rings. The Bertz CT molecular complexity index is 644. The quantitative estimate of drug-likeness (QED) is 0.803. The maximum Gasteiger partial charge on any atom is 0.0557 e. The SMILES string of the molecule is Cc1ccc(N2CCN(N=Cc3ccccc3Cl)CC2)cc1. The van der Waals surface area contributed by atoms with Crippen LogP contribution in [-0.4, -0.2) is 37.4 Å². The highest BCUT2D eigenvalue weighted by atomic mass is 35.5. The van der Waals surface area contributed by atoms with E-state index >= 15 is 0 Å². The van der Waals surface area contributed by atoms with E-state index in [1.807, 2.05) is 30.5 Å². The van der Waals surface area contributed by atoms with E-state index in [-0.39, 0.29) is 0 Å². The van der Waals surface area contributed by atoms with Crippen molar-refractivity contribution in [1.82, 2.24) is 5.01 Å². The van der Waals surface area contributed by atoms with Gasteiger partial charge in [-0.3, -0.25) is 5.01 Å². The third-order valence-electron chi connectivity index (χ3n) is 3.92. The maximum atomic E-state index is 6.14. The van der Waals surface area contributed by atoms with E-state index in [1.165, 1.54) is 11.3 Å². The fraction of sp³-hybridized carbons (Fsp3) is 0.278. The Morgan fingerprint density at radius 3 is 2.32 bits per heavy atom. The van der Waals surface area contributed by atoms with E-state index in [0.717, 1.165) is 36.8 Å². The van der Waals surface area contributed by atoms with Crippen molar-refractivity contribution in [2.24, 2.45) is 5.10 Å². The van der Waals surface area contributed by atoms with Crippen LogP contribution in [0.5, 0.6) is 0 Å². The summed E-state index contributed by atoms with van der Waals surface area (Å²) in [6.45, 7) is 5.95. The lowest BCUT2D eigenvalue weighted by atomic mass is 10.2. The van der Waals surface area contributed by atoms with Crippen LogP contribution in [0.15, 0.2) is 53.6 Å². The van der Waals surface area contributed by atoms with Crippen LogP contribution in [0.4, 0.5) is 5.69 Å². The van der Waals surface area contributed by atoms with Crippen molar-refractivity contribution < 1.29 is 0 Å². The number of hydrogen-bond acceptors (Lipinski definition) is 3. The molecule has 1 heterocycles. The average Bonchev–Trinajstić information content (AvgIpc) is 2.55. The summed E-state index contributed by atoms with van der Waals surface area (Å²) in [5.41, 5.74) is 3.55. The van der Waals surface area contributed by atoms with Gasteiger partial charge < -0.3 is 4.90 Å². The lowest BCUT2D eigenvalue weighted by molar-refractivity contribution is 0.272. The molecule has 0 aliphatic carbocycles. The lowest BCUT2D eigenvalue weighted by Gasteiger charge is -2.34. The number of hydrazone groups is 1. The summed E-state index contributed by atoms with van der Waals surface area (Å²) in [5, 5.41) is 7.40. The molecule has 1 saturated heterocycles. The fourth-order valence-corrected chi connectivity index (χ4v) is 2.73. The minimum atomic E-state index is 0.740. The zero-order chi connectivity index (χ0) is 15.4. The molecule has 0 aromatic heterocycles. The van der Waals surface area contributed by atoms with E-state index in [0.29, 0.717) is 0 Å². The molecule has 0 unspecified atom stereocenters. The van der Waals surface area contributed by atoms with Gasteiger partial charge in [-0.15, -0.1) is 0 Å². The van der Waals surface area contributed by atoms with Crippen LogP contribution < -0.4 is 4.90 Å². The van der Waals surface area contributed by atoms with E-state index in [2.05, 4.69) is 46.2 Å². The number of halogens is 1. The molecule has 1 aliphatic heterocycles. The summed E-state index contributed by atoms with van der Waals surface area (Å²) in [5.74, 6) is 0. The van der Waals surface area contributed by atoms with Crippen LogP contribution in [0, 0.1) is 6.92 Å². The molecule has 0 atom stereocenters. The molecule has 114 valence electrons. The van der Waals surface area contributed by atoms with Gasteiger partial charge in [0.2, 0.25) is 0 Å². The molecule has 0 radical (unpaired) electrons. The molecule has 3 nitrogen and oxygen atoms in total. The van der Waals surface area contributed by atoms with Crippen molar-refractivity contribution >= 4 is 23.5 Å². The van der Waals surface area contributed by atoms with Crippen molar-refractivity contribution in [3.05, 3.63) is 64.7 Å². The number of hydrogen-bond donors (Lipinski definition) is 0. The molecule has 22 heavy (non-hydrogen) atoms. The van der Waals surface area contributed by atoms with Crippen LogP contribution in [-0.2, 0) is 0 Å². The fourth-order valence-electron chi connectivity index (χ4n) is 2.55. The van der Waals surface area contributed by atoms with Gasteiger partial charge in [0.25, 0.3) is 0 Å². The number of nitrogens with zero attached hydrogens (tertiary/aromatic N) is 3. The van der Waals surface area contributed by atoms with Gasteiger partial charge in [-0.2, -0.15) is 5.10 Å². The Morgan fingerprint density at radius 2 is 1.64 bits per heavy atom. The van der Waals surface area contributed by atoms with Gasteiger partial charge in [-0.1, -0.05) is 47.5 Å². The molecule has 0 N–H and O–H groups in total. The minimum Gasteiger partial charge on any atom is -0.368 e. The third kappa shape index (κ3) is 3.60. The normalized spacial score (nSPS) is 15.5. The first-order chi connectivity index (χ1) is 10.7. The minimum absolute atomic E-state index is 0.740. The Balaban J connectivity index is 1.58. The highest BCUT2D eigenvalue weighted by Crippen LogP contribution is 2.17. The molecule has 1 aliphatic rings. The number of anilines is 1. The van der Waals surface area contributed by atoms with Crippen LogP contribution in [0.2, 0.25) is 5.02 Å². The maximum absolute atomic E-state index is 6.14. The first-order valence-electron chi connectivity index (χ1n) is 7.57. The Morgan fingerprint density at radius 1 is 0.955 bits per heavy atom. The lowest BCUT2D eigenvalue weighted by Crippen LogP contribution is -2.44. The van der Waals surface area contributed by atoms with Crippen molar-refractivity contribution in [2.75, 3.05) is 31.1 Å². The van der Waals surface area contributed by atoms with E-state index in [1.54, 1.807) is 0 Å². The molecule has 4 heteroatoms. The summed E-state index contributed by atoms with van der Waals surface area (Å²) in [4.78, 5) is 2.40. The Hall–Kier alpha value is -2.00. The largest absolute Gasteiger partial charge is 0.368 e. The van der Waals surface area contributed by atoms with Crippen LogP contribution in [0.25, 0.3) is 0 Å². The molecule has 0 bridgehead atoms. The van der Waals surface area contributed by atoms with Gasteiger partial charge in [0.1, 0.15) is 0 Å². The zero-order valence-corrected chi connectivity index (χ0v) is 13.5. The monoisotopic (exact) mass is 313 g/mol. The van der Waals surface area contributed by atoms with Crippen molar-refractivity contribution in [1.29, 1.82) is 0 Å². The van der Waals surface area contributed by atoms with Gasteiger partial charge >= 0.3 is 0 Å². The van der Waals surface area contributed by atoms with Gasteiger partial charge in [-0.05, 0) is 25.1 Å². The third-order valence-corrected chi connectivity index (χ3v) is 4.26. The van der Waals surface area contributed by atoms with Gasteiger partial charge in [0.05, 0.1) is 19.3 Å². The smallest absolute Gasteiger partial charge is 0.0557 e. The van der Waals surface area contributed by atoms with Gasteiger partial charge in [-0.25, -0.2) is 0 Å². The van der Waals surface area contributed by atoms with Crippen molar-refractivity contribution in [2.45, 2.75) is 6.92 Å². The van der Waals surface area contributed by atoms with Gasteiger partial charge in [0, 0.05) is 29.4 Å². The van der Waals surface area contributed by atoms with Crippen molar-refractivity contribution in [3.63, 3.8) is 0 Å². The van der Waals surface area contributed by atoms with Gasteiger partial charge in [0.15, 0.2) is 0 Å². The predicted molar refractivity (Wildman–Crippen MR) is 94.0 cm³/mol.